The van der Waals surface area contributed by atoms with Crippen molar-refractivity contribution in [1.82, 2.24) is 10.2 Å². The van der Waals surface area contributed by atoms with Crippen LogP contribution in [0.15, 0.2) is 58.0 Å². The molecular weight excluding hydrogens is 320 g/mol. The number of rotatable bonds is 7. The van der Waals surface area contributed by atoms with E-state index in [-0.39, 0.29) is 11.9 Å². The number of furan rings is 1. The van der Waals surface area contributed by atoms with Crippen LogP contribution in [0.5, 0.6) is 0 Å². The summed E-state index contributed by atoms with van der Waals surface area (Å²) in [5.74, 6) is 1.44. The van der Waals surface area contributed by atoms with Gasteiger partial charge < -0.3 is 9.73 Å². The molecule has 128 valence electrons. The second-order valence-electron chi connectivity index (χ2n) is 6.03. The van der Waals surface area contributed by atoms with Gasteiger partial charge >= 0.3 is 0 Å². The lowest BCUT2D eigenvalue weighted by molar-refractivity contribution is -0.118. The van der Waals surface area contributed by atoms with Crippen molar-refractivity contribution >= 4 is 17.7 Å². The van der Waals surface area contributed by atoms with Crippen LogP contribution in [-0.2, 0) is 4.79 Å². The molecule has 1 N–H and O–H groups in total. The SMILES string of the molecule is O=C(CSc1ccccc1)NC[C@@H](c1ccco1)N1CCCCC1. The van der Waals surface area contributed by atoms with Gasteiger partial charge in [0.1, 0.15) is 5.76 Å². The highest BCUT2D eigenvalue weighted by Crippen LogP contribution is 2.24. The average molecular weight is 344 g/mol. The molecule has 1 saturated heterocycles. The number of thioether (sulfide) groups is 1. The minimum Gasteiger partial charge on any atom is -0.468 e. The van der Waals surface area contributed by atoms with Gasteiger partial charge in [-0.05, 0) is 50.2 Å². The second-order valence-corrected chi connectivity index (χ2v) is 7.08. The molecule has 1 aromatic carbocycles. The standard InChI is InChI=1S/C19H24N2O2S/c22-19(15-24-16-8-3-1-4-9-16)20-14-17(18-10-7-13-23-18)21-11-5-2-6-12-21/h1,3-4,7-10,13,17H,2,5-6,11-12,14-15H2,(H,20,22)/t17-/m0/s1. The third kappa shape index (κ3) is 4.89. The quantitative estimate of drug-likeness (QED) is 0.778. The molecule has 1 aromatic heterocycles. The molecule has 2 heterocycles. The Morgan fingerprint density at radius 1 is 1.12 bits per heavy atom. The molecule has 0 radical (unpaired) electrons. The summed E-state index contributed by atoms with van der Waals surface area (Å²) < 4.78 is 5.61. The van der Waals surface area contributed by atoms with E-state index in [1.165, 1.54) is 19.3 Å². The van der Waals surface area contributed by atoms with Crippen LogP contribution in [0.25, 0.3) is 0 Å². The van der Waals surface area contributed by atoms with Crippen LogP contribution in [0.2, 0.25) is 0 Å². The highest BCUT2D eigenvalue weighted by molar-refractivity contribution is 8.00. The molecule has 1 aliphatic rings. The Bertz CT molecular complexity index is 610. The number of hydrogen-bond donors (Lipinski definition) is 1. The number of nitrogens with zero attached hydrogens (tertiary/aromatic N) is 1. The summed E-state index contributed by atoms with van der Waals surface area (Å²) in [5, 5.41) is 3.08. The molecule has 3 rings (SSSR count). The van der Waals surface area contributed by atoms with Gasteiger partial charge in [-0.3, -0.25) is 9.69 Å². The predicted molar refractivity (Wildman–Crippen MR) is 97.0 cm³/mol. The van der Waals surface area contributed by atoms with Crippen molar-refractivity contribution in [3.8, 4) is 0 Å². The second kappa shape index (κ2) is 8.94. The van der Waals surface area contributed by atoms with Crippen molar-refractivity contribution < 1.29 is 9.21 Å². The van der Waals surface area contributed by atoms with Crippen molar-refractivity contribution in [3.05, 3.63) is 54.5 Å². The summed E-state index contributed by atoms with van der Waals surface area (Å²) in [6.45, 7) is 2.74. The van der Waals surface area contributed by atoms with Crippen LogP contribution in [0.1, 0.15) is 31.1 Å². The summed E-state index contributed by atoms with van der Waals surface area (Å²) >= 11 is 1.56. The molecule has 1 aliphatic heterocycles. The Labute approximate surface area is 147 Å². The molecule has 4 nitrogen and oxygen atoms in total. The third-order valence-electron chi connectivity index (χ3n) is 4.31. The van der Waals surface area contributed by atoms with E-state index in [9.17, 15) is 4.79 Å². The van der Waals surface area contributed by atoms with Crippen LogP contribution in [0.3, 0.4) is 0 Å². The van der Waals surface area contributed by atoms with Crippen LogP contribution in [0, 0.1) is 0 Å². The van der Waals surface area contributed by atoms with Crippen molar-refractivity contribution in [2.45, 2.75) is 30.2 Å². The van der Waals surface area contributed by atoms with E-state index in [1.54, 1.807) is 18.0 Å². The van der Waals surface area contributed by atoms with Crippen molar-refractivity contribution in [2.24, 2.45) is 0 Å². The largest absolute Gasteiger partial charge is 0.468 e. The molecular formula is C19H24N2O2S. The van der Waals surface area contributed by atoms with Gasteiger partial charge in [0, 0.05) is 11.4 Å². The monoisotopic (exact) mass is 344 g/mol. The fourth-order valence-electron chi connectivity index (χ4n) is 3.05. The van der Waals surface area contributed by atoms with E-state index < -0.39 is 0 Å². The number of carbonyl (C=O) groups excluding carboxylic acids is 1. The lowest BCUT2D eigenvalue weighted by Gasteiger charge is -2.33. The van der Waals surface area contributed by atoms with Crippen LogP contribution < -0.4 is 5.32 Å². The van der Waals surface area contributed by atoms with Crippen molar-refractivity contribution in [3.63, 3.8) is 0 Å². The first kappa shape index (κ1) is 17.1. The first-order valence-electron chi connectivity index (χ1n) is 8.55. The van der Waals surface area contributed by atoms with Gasteiger partial charge in [-0.1, -0.05) is 24.6 Å². The van der Waals surface area contributed by atoms with E-state index in [0.717, 1.165) is 23.7 Å². The maximum atomic E-state index is 12.2. The van der Waals surface area contributed by atoms with E-state index in [1.807, 2.05) is 42.5 Å². The number of hydrogen-bond acceptors (Lipinski definition) is 4. The van der Waals surface area contributed by atoms with Gasteiger partial charge in [0.25, 0.3) is 0 Å². The first-order chi connectivity index (χ1) is 11.8. The molecule has 0 spiro atoms. The van der Waals surface area contributed by atoms with E-state index in [0.29, 0.717) is 12.3 Å². The fourth-order valence-corrected chi connectivity index (χ4v) is 3.80. The van der Waals surface area contributed by atoms with E-state index in [2.05, 4.69) is 10.2 Å². The minimum atomic E-state index is 0.0671. The minimum absolute atomic E-state index is 0.0671. The van der Waals surface area contributed by atoms with E-state index >= 15 is 0 Å². The zero-order valence-electron chi connectivity index (χ0n) is 13.8. The number of likely N-dealkylation sites (tertiary alicyclic amines) is 1. The van der Waals surface area contributed by atoms with Gasteiger partial charge in [0.2, 0.25) is 5.91 Å². The third-order valence-corrected chi connectivity index (χ3v) is 5.32. The molecule has 1 atom stereocenters. The summed E-state index contributed by atoms with van der Waals surface area (Å²) in [6, 6.07) is 14.1. The van der Waals surface area contributed by atoms with Crippen molar-refractivity contribution in [1.29, 1.82) is 0 Å². The molecule has 0 bridgehead atoms. The number of carbonyl (C=O) groups is 1. The Balaban J connectivity index is 1.52. The Morgan fingerprint density at radius 2 is 1.92 bits per heavy atom. The van der Waals surface area contributed by atoms with Crippen LogP contribution >= 0.6 is 11.8 Å². The lowest BCUT2D eigenvalue weighted by atomic mass is 10.1. The van der Waals surface area contributed by atoms with E-state index in [4.69, 9.17) is 4.42 Å². The van der Waals surface area contributed by atoms with Gasteiger partial charge in [-0.2, -0.15) is 0 Å². The van der Waals surface area contributed by atoms with Gasteiger partial charge in [0.05, 0.1) is 18.1 Å². The maximum absolute atomic E-state index is 12.2. The van der Waals surface area contributed by atoms with Crippen molar-refractivity contribution in [2.75, 3.05) is 25.4 Å². The Kier molecular flexibility index (Phi) is 6.38. The van der Waals surface area contributed by atoms with Crippen LogP contribution in [0.4, 0.5) is 0 Å². The molecule has 1 amide bonds. The fraction of sp³-hybridized carbons (Fsp3) is 0.421. The zero-order valence-corrected chi connectivity index (χ0v) is 14.6. The Morgan fingerprint density at radius 3 is 2.62 bits per heavy atom. The topological polar surface area (TPSA) is 45.5 Å². The van der Waals surface area contributed by atoms with Gasteiger partial charge in [-0.25, -0.2) is 0 Å². The number of benzene rings is 1. The molecule has 2 aromatic rings. The molecule has 0 unspecified atom stereocenters. The summed E-state index contributed by atoms with van der Waals surface area (Å²) in [5.41, 5.74) is 0. The lowest BCUT2D eigenvalue weighted by Crippen LogP contribution is -2.40. The summed E-state index contributed by atoms with van der Waals surface area (Å²) in [7, 11) is 0. The van der Waals surface area contributed by atoms with Crippen LogP contribution in [-0.4, -0.2) is 36.2 Å². The number of piperidine rings is 1. The van der Waals surface area contributed by atoms with Gasteiger partial charge in [-0.15, -0.1) is 11.8 Å². The highest BCUT2D eigenvalue weighted by atomic mass is 32.2. The summed E-state index contributed by atoms with van der Waals surface area (Å²) in [4.78, 5) is 15.7. The summed E-state index contributed by atoms with van der Waals surface area (Å²) in [6.07, 6.45) is 5.44. The normalized spacial score (nSPS) is 16.7. The molecule has 5 heteroatoms. The van der Waals surface area contributed by atoms with Gasteiger partial charge in [0.15, 0.2) is 0 Å². The average Bonchev–Trinajstić information content (AvgIpc) is 3.16. The highest BCUT2D eigenvalue weighted by Gasteiger charge is 2.24. The molecule has 0 aliphatic carbocycles. The zero-order chi connectivity index (χ0) is 16.6. The molecule has 24 heavy (non-hydrogen) atoms. The predicted octanol–water partition coefficient (Wildman–Crippen LogP) is 3.72. The first-order valence-corrected chi connectivity index (χ1v) is 9.53. The Hall–Kier alpha value is -1.72. The maximum Gasteiger partial charge on any atom is 0.230 e. The number of amides is 1. The molecule has 1 fully saturated rings. The molecule has 0 saturated carbocycles. The smallest absolute Gasteiger partial charge is 0.230 e. The number of nitrogens with one attached hydrogen (secondary N) is 1.